The lowest BCUT2D eigenvalue weighted by molar-refractivity contribution is -0.663. The summed E-state index contributed by atoms with van der Waals surface area (Å²) in [6, 6.07) is 27.5. The Labute approximate surface area is 152 Å². The van der Waals surface area contributed by atoms with Crippen LogP contribution in [-0.4, -0.2) is 10.3 Å². The number of benzene rings is 3. The van der Waals surface area contributed by atoms with Crippen molar-refractivity contribution in [2.75, 3.05) is 0 Å². The summed E-state index contributed by atoms with van der Waals surface area (Å²) in [7, 11) is 0. The van der Waals surface area contributed by atoms with Gasteiger partial charge in [-0.25, -0.2) is 0 Å². The van der Waals surface area contributed by atoms with Gasteiger partial charge in [0.2, 0.25) is 5.69 Å². The van der Waals surface area contributed by atoms with Crippen LogP contribution in [0.15, 0.2) is 84.9 Å². The second kappa shape index (κ2) is 6.76. The Morgan fingerprint density at radius 2 is 1.27 bits per heavy atom. The van der Waals surface area contributed by atoms with Crippen molar-refractivity contribution in [3.63, 3.8) is 0 Å². The maximum Gasteiger partial charge on any atom is 0.222 e. The van der Waals surface area contributed by atoms with E-state index in [1.165, 1.54) is 0 Å². The fraction of sp³-hybridized carbons (Fsp3) is 0.0455. The average molecular weight is 339 g/mol. The molecule has 0 aliphatic carbocycles. The van der Waals surface area contributed by atoms with E-state index in [1.807, 2.05) is 91.9 Å². The Hall–Kier alpha value is -3.53. The molecular weight excluding hydrogens is 322 g/mol. The molecule has 0 aliphatic rings. The summed E-state index contributed by atoms with van der Waals surface area (Å²) < 4.78 is 0. The van der Waals surface area contributed by atoms with Crippen LogP contribution in [0.1, 0.15) is 5.56 Å². The molecule has 26 heavy (non-hydrogen) atoms. The molecule has 0 radical (unpaired) electrons. The minimum Gasteiger partial charge on any atom is -0.691 e. The summed E-state index contributed by atoms with van der Waals surface area (Å²) in [5, 5.41) is 20.7. The molecule has 0 fully saturated rings. The van der Waals surface area contributed by atoms with E-state index in [0.29, 0.717) is 16.2 Å². The maximum atomic E-state index is 12.6. The third-order valence-corrected chi connectivity index (χ3v) is 4.33. The molecule has 0 aliphatic heterocycles. The molecule has 0 unspecified atom stereocenters. The molecule has 0 N–H and O–H groups in total. The lowest BCUT2D eigenvalue weighted by Gasteiger charge is -2.13. The summed E-state index contributed by atoms with van der Waals surface area (Å²) >= 11 is 0. The number of hydrogen-bond acceptors (Lipinski definition) is 3. The summed E-state index contributed by atoms with van der Waals surface area (Å²) in [5.41, 5.74) is 5.82. The normalized spacial score (nSPS) is 10.7. The zero-order valence-corrected chi connectivity index (χ0v) is 14.3. The molecule has 1 heterocycles. The second-order valence-corrected chi connectivity index (χ2v) is 6.13. The van der Waals surface area contributed by atoms with Gasteiger partial charge in [0.25, 0.3) is 0 Å². The average Bonchev–Trinajstić information content (AvgIpc) is 2.70. The molecular formula is C22H17N3O. The van der Waals surface area contributed by atoms with Gasteiger partial charge >= 0.3 is 0 Å². The van der Waals surface area contributed by atoms with Crippen molar-refractivity contribution in [1.29, 1.82) is 0 Å². The predicted molar refractivity (Wildman–Crippen MR) is 102 cm³/mol. The first-order valence-corrected chi connectivity index (χ1v) is 8.42. The molecule has 4 nitrogen and oxygen atoms in total. The van der Waals surface area contributed by atoms with E-state index in [0.717, 1.165) is 27.8 Å². The highest BCUT2D eigenvalue weighted by Crippen LogP contribution is 2.36. The number of aryl methyl sites for hydroxylation is 1. The van der Waals surface area contributed by atoms with Crippen molar-refractivity contribution < 1.29 is 4.85 Å². The summed E-state index contributed by atoms with van der Waals surface area (Å²) in [4.78, 5) is 0.608. The lowest BCUT2D eigenvalue weighted by atomic mass is 9.94. The van der Waals surface area contributed by atoms with Crippen LogP contribution >= 0.6 is 0 Å². The van der Waals surface area contributed by atoms with E-state index in [4.69, 9.17) is 0 Å². The quantitative estimate of drug-likeness (QED) is 0.410. The number of nitrogens with zero attached hydrogens (tertiary/aromatic N) is 3. The minimum absolute atomic E-state index is 0.503. The van der Waals surface area contributed by atoms with Gasteiger partial charge in [0.15, 0.2) is 5.69 Å². The first kappa shape index (κ1) is 16.0. The number of aromatic nitrogens is 3. The number of rotatable bonds is 3. The highest BCUT2D eigenvalue weighted by Gasteiger charge is 2.24. The molecule has 0 saturated heterocycles. The smallest absolute Gasteiger partial charge is 0.222 e. The molecule has 1 aromatic heterocycles. The van der Waals surface area contributed by atoms with Gasteiger partial charge in [-0.2, -0.15) is 0 Å². The van der Waals surface area contributed by atoms with Gasteiger partial charge in [0.05, 0.1) is 10.7 Å². The first-order chi connectivity index (χ1) is 12.7. The van der Waals surface area contributed by atoms with E-state index in [9.17, 15) is 5.21 Å². The largest absolute Gasteiger partial charge is 0.691 e. The minimum atomic E-state index is 0.503. The summed E-state index contributed by atoms with van der Waals surface area (Å²) in [6.07, 6.45) is 0. The maximum absolute atomic E-state index is 12.6. The van der Waals surface area contributed by atoms with Crippen molar-refractivity contribution in [3.8, 4) is 33.6 Å². The summed E-state index contributed by atoms with van der Waals surface area (Å²) in [6.45, 7) is 2.04. The molecule has 4 aromatic rings. The van der Waals surface area contributed by atoms with Gasteiger partial charge in [-0.05, 0) is 12.5 Å². The third kappa shape index (κ3) is 2.93. The molecule has 4 heteroatoms. The van der Waals surface area contributed by atoms with Gasteiger partial charge in [-0.3, -0.25) is 0 Å². The fourth-order valence-corrected chi connectivity index (χ4v) is 3.03. The van der Waals surface area contributed by atoms with Crippen molar-refractivity contribution in [2.45, 2.75) is 6.92 Å². The van der Waals surface area contributed by atoms with Crippen molar-refractivity contribution >= 4 is 0 Å². The van der Waals surface area contributed by atoms with Crippen LogP contribution in [0, 0.1) is 12.1 Å². The van der Waals surface area contributed by atoms with Gasteiger partial charge in [-0.15, -0.1) is 4.85 Å². The Kier molecular flexibility index (Phi) is 4.15. The van der Waals surface area contributed by atoms with Gasteiger partial charge in [0.1, 0.15) is 5.21 Å². The molecule has 0 amide bonds. The van der Waals surface area contributed by atoms with Gasteiger partial charge in [0, 0.05) is 11.1 Å². The Morgan fingerprint density at radius 3 is 1.88 bits per heavy atom. The Bertz CT molecular complexity index is 1030. The molecule has 0 saturated carbocycles. The van der Waals surface area contributed by atoms with Crippen LogP contribution in [0.4, 0.5) is 0 Å². The van der Waals surface area contributed by atoms with Crippen LogP contribution in [0.3, 0.4) is 0 Å². The fourth-order valence-electron chi connectivity index (χ4n) is 3.03. The van der Waals surface area contributed by atoms with Crippen LogP contribution in [0.2, 0.25) is 0 Å². The highest BCUT2D eigenvalue weighted by molar-refractivity contribution is 5.89. The molecule has 0 spiro atoms. The Morgan fingerprint density at radius 1 is 0.692 bits per heavy atom. The van der Waals surface area contributed by atoms with Crippen molar-refractivity contribution in [3.05, 3.63) is 95.7 Å². The Balaban J connectivity index is 2.06. The zero-order valence-electron chi connectivity index (χ0n) is 14.3. The van der Waals surface area contributed by atoms with E-state index in [-0.39, 0.29) is 0 Å². The standard InChI is InChI=1S/C22H17N3O/c1-16-12-14-17(15-13-16)20-21(18-8-4-2-5-9-18)23-24-25(26)22(20)19-10-6-3-7-11-19/h2-15H,1H3. The van der Waals surface area contributed by atoms with Gasteiger partial charge < -0.3 is 5.21 Å². The predicted octanol–water partition coefficient (Wildman–Crippen LogP) is 4.42. The SMILES string of the molecule is Cc1ccc(-c2c(-c3ccccc3)nn[n+]([O-])c2-c2ccccc2)cc1. The number of hydrogen-bond donors (Lipinski definition) is 0. The molecule has 0 atom stereocenters. The highest BCUT2D eigenvalue weighted by atomic mass is 16.5. The van der Waals surface area contributed by atoms with Crippen LogP contribution in [0.25, 0.3) is 33.6 Å². The van der Waals surface area contributed by atoms with E-state index >= 15 is 0 Å². The summed E-state index contributed by atoms with van der Waals surface area (Å²) in [5.74, 6) is 0. The molecule has 3 aromatic carbocycles. The van der Waals surface area contributed by atoms with Crippen LogP contribution in [-0.2, 0) is 0 Å². The molecule has 126 valence electrons. The van der Waals surface area contributed by atoms with Crippen molar-refractivity contribution in [1.82, 2.24) is 10.3 Å². The monoisotopic (exact) mass is 339 g/mol. The lowest BCUT2D eigenvalue weighted by Crippen LogP contribution is -2.36. The van der Waals surface area contributed by atoms with Crippen molar-refractivity contribution in [2.24, 2.45) is 0 Å². The van der Waals surface area contributed by atoms with Crippen LogP contribution < -0.4 is 4.85 Å². The van der Waals surface area contributed by atoms with E-state index < -0.39 is 0 Å². The topological polar surface area (TPSA) is 52.7 Å². The van der Waals surface area contributed by atoms with E-state index in [1.54, 1.807) is 0 Å². The van der Waals surface area contributed by atoms with Gasteiger partial charge in [-0.1, -0.05) is 90.5 Å². The van der Waals surface area contributed by atoms with E-state index in [2.05, 4.69) is 10.3 Å². The molecule has 4 rings (SSSR count). The second-order valence-electron chi connectivity index (χ2n) is 6.13. The zero-order chi connectivity index (χ0) is 17.9. The molecule has 0 bridgehead atoms. The first-order valence-electron chi connectivity index (χ1n) is 8.42. The third-order valence-electron chi connectivity index (χ3n) is 4.33. The van der Waals surface area contributed by atoms with Crippen LogP contribution in [0.5, 0.6) is 0 Å².